The fraction of sp³-hybridized carbons (Fsp3) is 0.333. The van der Waals surface area contributed by atoms with Crippen molar-refractivity contribution in [3.05, 3.63) is 53.5 Å². The molecule has 24 heavy (non-hydrogen) atoms. The summed E-state index contributed by atoms with van der Waals surface area (Å²) < 4.78 is 11.0. The van der Waals surface area contributed by atoms with Crippen LogP contribution >= 0.6 is 0 Å². The van der Waals surface area contributed by atoms with Crippen molar-refractivity contribution in [1.29, 1.82) is 0 Å². The van der Waals surface area contributed by atoms with Gasteiger partial charge in [0.15, 0.2) is 5.76 Å². The van der Waals surface area contributed by atoms with Crippen LogP contribution in [0.5, 0.6) is 5.75 Å². The number of aromatic carboxylic acids is 1. The van der Waals surface area contributed by atoms with Gasteiger partial charge in [-0.15, -0.1) is 0 Å². The Morgan fingerprint density at radius 1 is 1.12 bits per heavy atom. The number of ether oxygens (including phenoxy) is 1. The molecule has 0 atom stereocenters. The Morgan fingerprint density at radius 2 is 1.83 bits per heavy atom. The van der Waals surface area contributed by atoms with Crippen LogP contribution in [-0.4, -0.2) is 23.1 Å². The lowest BCUT2D eigenvalue weighted by Gasteiger charge is -2.16. The third-order valence-electron chi connectivity index (χ3n) is 4.05. The van der Waals surface area contributed by atoms with Crippen molar-refractivity contribution >= 4 is 11.9 Å². The molecule has 2 N–H and O–H groups in total. The van der Waals surface area contributed by atoms with Crippen molar-refractivity contribution in [2.75, 3.05) is 0 Å². The molecule has 0 spiro atoms. The van der Waals surface area contributed by atoms with Gasteiger partial charge in [0.05, 0.1) is 6.10 Å². The van der Waals surface area contributed by atoms with E-state index < -0.39 is 11.9 Å². The predicted molar refractivity (Wildman–Crippen MR) is 86.2 cm³/mol. The summed E-state index contributed by atoms with van der Waals surface area (Å²) in [6.45, 7) is 0.283. The molecule has 1 saturated carbocycles. The second-order valence-corrected chi connectivity index (χ2v) is 5.78. The number of amides is 1. The minimum atomic E-state index is -1.20. The standard InChI is InChI=1S/C18H19NO5/c20-17(15-9-10-16(24-15)18(21)22)19-11-12-5-1-4-8-14(12)23-13-6-2-3-7-13/h1,4-5,8-10,13H,2-3,6-7,11H2,(H,19,20)(H,21,22). The maximum Gasteiger partial charge on any atom is 0.371 e. The molecular formula is C18H19NO5. The topological polar surface area (TPSA) is 88.8 Å². The van der Waals surface area contributed by atoms with E-state index in [1.165, 1.54) is 25.0 Å². The number of benzene rings is 1. The highest BCUT2D eigenvalue weighted by Crippen LogP contribution is 2.26. The molecule has 1 aliphatic rings. The Bertz CT molecular complexity index is 731. The summed E-state index contributed by atoms with van der Waals surface area (Å²) in [4.78, 5) is 22.9. The third-order valence-corrected chi connectivity index (χ3v) is 4.05. The van der Waals surface area contributed by atoms with Gasteiger partial charge in [0.25, 0.3) is 5.91 Å². The van der Waals surface area contributed by atoms with E-state index in [1.807, 2.05) is 24.3 Å². The van der Waals surface area contributed by atoms with Crippen molar-refractivity contribution in [2.45, 2.75) is 38.3 Å². The lowest BCUT2D eigenvalue weighted by molar-refractivity contribution is 0.0659. The van der Waals surface area contributed by atoms with E-state index in [1.54, 1.807) is 0 Å². The summed E-state index contributed by atoms with van der Waals surface area (Å²) in [5.74, 6) is -1.18. The number of nitrogens with one attached hydrogen (secondary N) is 1. The molecule has 6 nitrogen and oxygen atoms in total. The number of para-hydroxylation sites is 1. The molecule has 1 fully saturated rings. The Morgan fingerprint density at radius 3 is 2.54 bits per heavy atom. The van der Waals surface area contributed by atoms with Crippen LogP contribution in [0.3, 0.4) is 0 Å². The minimum Gasteiger partial charge on any atom is -0.490 e. The van der Waals surface area contributed by atoms with Crippen LogP contribution in [-0.2, 0) is 6.54 Å². The molecule has 1 heterocycles. The van der Waals surface area contributed by atoms with Crippen LogP contribution in [0.4, 0.5) is 0 Å². The van der Waals surface area contributed by atoms with Crippen LogP contribution in [0, 0.1) is 0 Å². The van der Waals surface area contributed by atoms with Gasteiger partial charge in [-0.2, -0.15) is 0 Å². The molecule has 6 heteroatoms. The number of carboxylic acids is 1. The fourth-order valence-corrected chi connectivity index (χ4v) is 2.79. The van der Waals surface area contributed by atoms with Gasteiger partial charge in [-0.1, -0.05) is 18.2 Å². The lowest BCUT2D eigenvalue weighted by atomic mass is 10.2. The lowest BCUT2D eigenvalue weighted by Crippen LogP contribution is -2.23. The molecule has 126 valence electrons. The van der Waals surface area contributed by atoms with Gasteiger partial charge in [0.1, 0.15) is 5.75 Å². The number of carbonyl (C=O) groups is 2. The average Bonchev–Trinajstić information content (AvgIpc) is 3.25. The highest BCUT2D eigenvalue weighted by Gasteiger charge is 2.19. The monoisotopic (exact) mass is 329 g/mol. The van der Waals surface area contributed by atoms with Gasteiger partial charge < -0.3 is 19.6 Å². The van der Waals surface area contributed by atoms with E-state index in [-0.39, 0.29) is 24.2 Å². The van der Waals surface area contributed by atoms with Crippen LogP contribution in [0.1, 0.15) is 52.4 Å². The molecule has 0 saturated heterocycles. The molecular weight excluding hydrogens is 310 g/mol. The molecule has 2 aromatic rings. The fourth-order valence-electron chi connectivity index (χ4n) is 2.79. The first-order valence-corrected chi connectivity index (χ1v) is 7.99. The highest BCUT2D eigenvalue weighted by molar-refractivity contribution is 5.93. The minimum absolute atomic E-state index is 0.0263. The first-order valence-electron chi connectivity index (χ1n) is 7.99. The van der Waals surface area contributed by atoms with E-state index in [2.05, 4.69) is 5.32 Å². The van der Waals surface area contributed by atoms with E-state index in [0.29, 0.717) is 0 Å². The van der Waals surface area contributed by atoms with Crippen molar-refractivity contribution in [2.24, 2.45) is 0 Å². The Kier molecular flexibility index (Phi) is 4.84. The Balaban J connectivity index is 1.63. The maximum absolute atomic E-state index is 12.1. The Labute approximate surface area is 139 Å². The van der Waals surface area contributed by atoms with E-state index >= 15 is 0 Å². The van der Waals surface area contributed by atoms with Gasteiger partial charge in [-0.05, 0) is 43.9 Å². The zero-order valence-corrected chi connectivity index (χ0v) is 13.2. The van der Waals surface area contributed by atoms with Crippen molar-refractivity contribution in [3.8, 4) is 5.75 Å². The van der Waals surface area contributed by atoms with Crippen LogP contribution in [0.2, 0.25) is 0 Å². The van der Waals surface area contributed by atoms with Crippen molar-refractivity contribution < 1.29 is 23.8 Å². The number of hydrogen-bond donors (Lipinski definition) is 2. The summed E-state index contributed by atoms with van der Waals surface area (Å²) >= 11 is 0. The van der Waals surface area contributed by atoms with Crippen LogP contribution < -0.4 is 10.1 Å². The zero-order valence-electron chi connectivity index (χ0n) is 13.2. The first-order chi connectivity index (χ1) is 11.6. The molecule has 3 rings (SSSR count). The number of rotatable bonds is 6. The summed E-state index contributed by atoms with van der Waals surface area (Å²) in [6.07, 6.45) is 4.74. The Hall–Kier alpha value is -2.76. The summed E-state index contributed by atoms with van der Waals surface area (Å²) in [5.41, 5.74) is 0.878. The van der Waals surface area contributed by atoms with Gasteiger partial charge >= 0.3 is 5.97 Å². The van der Waals surface area contributed by atoms with Gasteiger partial charge in [-0.3, -0.25) is 4.79 Å². The molecule has 1 aromatic carbocycles. The van der Waals surface area contributed by atoms with E-state index in [9.17, 15) is 9.59 Å². The quantitative estimate of drug-likeness (QED) is 0.849. The number of furan rings is 1. The summed E-state index contributed by atoms with van der Waals surface area (Å²) in [6, 6.07) is 10.2. The normalized spacial score (nSPS) is 14.5. The molecule has 0 aliphatic heterocycles. The van der Waals surface area contributed by atoms with Crippen molar-refractivity contribution in [1.82, 2.24) is 5.32 Å². The molecule has 0 radical (unpaired) electrons. The van der Waals surface area contributed by atoms with E-state index in [0.717, 1.165) is 24.2 Å². The van der Waals surface area contributed by atoms with E-state index in [4.69, 9.17) is 14.3 Å². The second-order valence-electron chi connectivity index (χ2n) is 5.78. The van der Waals surface area contributed by atoms with Crippen LogP contribution in [0.15, 0.2) is 40.8 Å². The molecule has 1 aromatic heterocycles. The number of carbonyl (C=O) groups excluding carboxylic acids is 1. The van der Waals surface area contributed by atoms with Gasteiger partial charge in [-0.25, -0.2) is 4.79 Å². The molecule has 1 amide bonds. The summed E-state index contributed by atoms with van der Waals surface area (Å²) in [7, 11) is 0. The second kappa shape index (κ2) is 7.21. The number of hydrogen-bond acceptors (Lipinski definition) is 4. The highest BCUT2D eigenvalue weighted by atomic mass is 16.5. The van der Waals surface area contributed by atoms with Crippen LogP contribution in [0.25, 0.3) is 0 Å². The molecule has 1 aliphatic carbocycles. The SMILES string of the molecule is O=C(O)c1ccc(C(=O)NCc2ccccc2OC2CCCC2)o1. The largest absolute Gasteiger partial charge is 0.490 e. The zero-order chi connectivity index (χ0) is 16.9. The maximum atomic E-state index is 12.1. The number of carboxylic acid groups (broad SMARTS) is 1. The third kappa shape index (κ3) is 3.76. The van der Waals surface area contributed by atoms with Gasteiger partial charge in [0.2, 0.25) is 5.76 Å². The first kappa shape index (κ1) is 16.1. The predicted octanol–water partition coefficient (Wildman–Crippen LogP) is 3.23. The average molecular weight is 329 g/mol. The molecule has 0 unspecified atom stereocenters. The molecule has 0 bridgehead atoms. The van der Waals surface area contributed by atoms with Crippen molar-refractivity contribution in [3.63, 3.8) is 0 Å². The van der Waals surface area contributed by atoms with Gasteiger partial charge in [0, 0.05) is 12.1 Å². The summed E-state index contributed by atoms with van der Waals surface area (Å²) in [5, 5.41) is 11.5. The smallest absolute Gasteiger partial charge is 0.371 e.